The Kier molecular flexibility index (Phi) is 2.77. The Morgan fingerprint density at radius 3 is 2.47 bits per heavy atom. The van der Waals surface area contributed by atoms with Gasteiger partial charge in [-0.15, -0.1) is 0 Å². The lowest BCUT2D eigenvalue weighted by molar-refractivity contribution is -0.140. The van der Waals surface area contributed by atoms with E-state index in [2.05, 4.69) is 0 Å². The van der Waals surface area contributed by atoms with E-state index in [1.165, 1.54) is 0 Å². The number of hydrogen-bond acceptors (Lipinski definition) is 2. The Morgan fingerprint density at radius 1 is 1.33 bits per heavy atom. The van der Waals surface area contributed by atoms with Gasteiger partial charge in [-0.3, -0.25) is 4.79 Å². The van der Waals surface area contributed by atoms with Crippen LogP contribution >= 0.6 is 0 Å². The maximum Gasteiger partial charge on any atom is 0.305 e. The zero-order chi connectivity index (χ0) is 10.7. The molecule has 0 aromatic carbocycles. The fraction of sp³-hybridized carbons (Fsp3) is 0.545. The fourth-order valence-electron chi connectivity index (χ4n) is 2.21. The number of carbonyl (C=O) groups is 1. The van der Waals surface area contributed by atoms with Gasteiger partial charge >= 0.3 is 5.97 Å². The molecule has 2 heterocycles. The average molecular weight is 209 g/mol. The van der Waals surface area contributed by atoms with E-state index < -0.39 is 5.97 Å². The second kappa shape index (κ2) is 4.06. The fourth-order valence-corrected chi connectivity index (χ4v) is 2.21. The van der Waals surface area contributed by atoms with E-state index >= 15 is 0 Å². The summed E-state index contributed by atoms with van der Waals surface area (Å²) < 4.78 is 7.32. The van der Waals surface area contributed by atoms with Crippen molar-refractivity contribution < 1.29 is 14.6 Å². The summed E-state index contributed by atoms with van der Waals surface area (Å²) in [5, 5.41) is 8.98. The first-order chi connectivity index (χ1) is 7.23. The molecule has 0 saturated carbocycles. The standard InChI is InChI=1S/C11H15NO3/c13-10(14)9-11(3-7-15-8-4-11)12-5-1-2-6-12/h1-2,5-6H,3-4,7-9H2,(H,13,14). The third-order valence-corrected chi connectivity index (χ3v) is 3.06. The lowest BCUT2D eigenvalue weighted by Crippen LogP contribution is -2.40. The van der Waals surface area contributed by atoms with Crippen molar-refractivity contribution in [1.29, 1.82) is 0 Å². The molecule has 0 unspecified atom stereocenters. The van der Waals surface area contributed by atoms with E-state index in [4.69, 9.17) is 9.84 Å². The maximum atomic E-state index is 10.9. The van der Waals surface area contributed by atoms with Crippen LogP contribution in [0.3, 0.4) is 0 Å². The molecular weight excluding hydrogens is 194 g/mol. The number of rotatable bonds is 3. The summed E-state index contributed by atoms with van der Waals surface area (Å²) in [6.07, 6.45) is 5.59. The third kappa shape index (κ3) is 2.04. The Morgan fingerprint density at radius 2 is 1.93 bits per heavy atom. The highest BCUT2D eigenvalue weighted by atomic mass is 16.5. The Labute approximate surface area is 88.5 Å². The number of ether oxygens (including phenoxy) is 1. The molecule has 1 N–H and O–H groups in total. The number of carboxylic acid groups (broad SMARTS) is 1. The summed E-state index contributed by atoms with van der Waals surface area (Å²) in [6, 6.07) is 3.86. The summed E-state index contributed by atoms with van der Waals surface area (Å²) in [6.45, 7) is 1.29. The summed E-state index contributed by atoms with van der Waals surface area (Å²) in [5.74, 6) is -0.745. The van der Waals surface area contributed by atoms with Gasteiger partial charge in [-0.2, -0.15) is 0 Å². The molecule has 1 fully saturated rings. The van der Waals surface area contributed by atoms with Crippen LogP contribution in [0.15, 0.2) is 24.5 Å². The largest absolute Gasteiger partial charge is 0.481 e. The van der Waals surface area contributed by atoms with Crippen molar-refractivity contribution in [3.05, 3.63) is 24.5 Å². The molecule has 4 nitrogen and oxygen atoms in total. The van der Waals surface area contributed by atoms with E-state index in [1.54, 1.807) is 0 Å². The van der Waals surface area contributed by atoms with Crippen molar-refractivity contribution in [2.24, 2.45) is 0 Å². The normalized spacial score (nSPS) is 20.0. The van der Waals surface area contributed by atoms with Crippen LogP contribution in [0.25, 0.3) is 0 Å². The van der Waals surface area contributed by atoms with Gasteiger partial charge in [-0.05, 0) is 25.0 Å². The molecule has 15 heavy (non-hydrogen) atoms. The summed E-state index contributed by atoms with van der Waals surface area (Å²) in [4.78, 5) is 10.9. The van der Waals surface area contributed by atoms with Crippen LogP contribution in [-0.4, -0.2) is 28.9 Å². The third-order valence-electron chi connectivity index (χ3n) is 3.06. The van der Waals surface area contributed by atoms with Crippen molar-refractivity contribution >= 4 is 5.97 Å². The van der Waals surface area contributed by atoms with Crippen LogP contribution in [0.2, 0.25) is 0 Å². The highest BCUT2D eigenvalue weighted by Gasteiger charge is 2.35. The molecule has 1 saturated heterocycles. The zero-order valence-electron chi connectivity index (χ0n) is 8.56. The van der Waals surface area contributed by atoms with Crippen molar-refractivity contribution in [3.8, 4) is 0 Å². The van der Waals surface area contributed by atoms with Crippen molar-refractivity contribution in [3.63, 3.8) is 0 Å². The zero-order valence-corrected chi connectivity index (χ0v) is 8.56. The molecule has 2 rings (SSSR count). The summed E-state index contributed by atoms with van der Waals surface area (Å²) in [7, 11) is 0. The molecular formula is C11H15NO3. The van der Waals surface area contributed by atoms with Crippen LogP contribution in [0.1, 0.15) is 19.3 Å². The van der Waals surface area contributed by atoms with E-state index in [0.29, 0.717) is 13.2 Å². The Hall–Kier alpha value is -1.29. The minimum absolute atomic E-state index is 0.172. The van der Waals surface area contributed by atoms with E-state index in [1.807, 2.05) is 29.1 Å². The number of aromatic nitrogens is 1. The Balaban J connectivity index is 2.25. The van der Waals surface area contributed by atoms with Gasteiger partial charge < -0.3 is 14.4 Å². The number of nitrogens with zero attached hydrogens (tertiary/aromatic N) is 1. The van der Waals surface area contributed by atoms with Gasteiger partial charge in [0, 0.05) is 25.6 Å². The average Bonchev–Trinajstić information content (AvgIpc) is 2.71. The van der Waals surface area contributed by atoms with Gasteiger partial charge in [0.05, 0.1) is 12.0 Å². The molecule has 0 amide bonds. The van der Waals surface area contributed by atoms with Crippen LogP contribution < -0.4 is 0 Å². The summed E-state index contributed by atoms with van der Waals surface area (Å²) in [5.41, 5.74) is -0.284. The maximum absolute atomic E-state index is 10.9. The van der Waals surface area contributed by atoms with E-state index in [0.717, 1.165) is 12.8 Å². The highest BCUT2D eigenvalue weighted by molar-refractivity contribution is 5.68. The molecule has 0 aliphatic carbocycles. The second-order valence-corrected chi connectivity index (χ2v) is 4.00. The molecule has 0 radical (unpaired) electrons. The molecule has 0 bridgehead atoms. The monoisotopic (exact) mass is 209 g/mol. The smallest absolute Gasteiger partial charge is 0.305 e. The molecule has 4 heteroatoms. The van der Waals surface area contributed by atoms with Crippen molar-refractivity contribution in [2.75, 3.05) is 13.2 Å². The number of hydrogen-bond donors (Lipinski definition) is 1. The van der Waals surface area contributed by atoms with Gasteiger partial charge in [0.1, 0.15) is 0 Å². The molecule has 1 aliphatic heterocycles. The molecule has 1 aromatic heterocycles. The van der Waals surface area contributed by atoms with Crippen LogP contribution in [0.5, 0.6) is 0 Å². The van der Waals surface area contributed by atoms with E-state index in [-0.39, 0.29) is 12.0 Å². The summed E-state index contributed by atoms with van der Waals surface area (Å²) >= 11 is 0. The van der Waals surface area contributed by atoms with Crippen LogP contribution in [-0.2, 0) is 15.1 Å². The van der Waals surface area contributed by atoms with Crippen LogP contribution in [0.4, 0.5) is 0 Å². The number of aliphatic carboxylic acids is 1. The van der Waals surface area contributed by atoms with Gasteiger partial charge in [0.15, 0.2) is 0 Å². The molecule has 0 spiro atoms. The minimum atomic E-state index is -0.745. The van der Waals surface area contributed by atoms with Gasteiger partial charge in [-0.1, -0.05) is 0 Å². The second-order valence-electron chi connectivity index (χ2n) is 4.00. The van der Waals surface area contributed by atoms with Gasteiger partial charge in [0.2, 0.25) is 0 Å². The first-order valence-electron chi connectivity index (χ1n) is 5.16. The van der Waals surface area contributed by atoms with Crippen molar-refractivity contribution in [2.45, 2.75) is 24.8 Å². The molecule has 0 atom stereocenters. The number of carboxylic acids is 1. The van der Waals surface area contributed by atoms with Crippen molar-refractivity contribution in [1.82, 2.24) is 4.57 Å². The molecule has 1 aromatic rings. The van der Waals surface area contributed by atoms with Crippen LogP contribution in [0, 0.1) is 0 Å². The molecule has 1 aliphatic rings. The topological polar surface area (TPSA) is 51.5 Å². The lowest BCUT2D eigenvalue weighted by atomic mass is 9.86. The van der Waals surface area contributed by atoms with Gasteiger partial charge in [-0.25, -0.2) is 0 Å². The van der Waals surface area contributed by atoms with E-state index in [9.17, 15) is 4.79 Å². The first kappa shape index (κ1) is 10.2. The molecule has 82 valence electrons. The highest BCUT2D eigenvalue weighted by Crippen LogP contribution is 2.32. The minimum Gasteiger partial charge on any atom is -0.481 e. The van der Waals surface area contributed by atoms with Gasteiger partial charge in [0.25, 0.3) is 0 Å². The predicted molar refractivity (Wildman–Crippen MR) is 54.7 cm³/mol. The SMILES string of the molecule is O=C(O)CC1(n2cccc2)CCOCC1. The lowest BCUT2D eigenvalue weighted by Gasteiger charge is -2.37. The Bertz CT molecular complexity index is 326. The quantitative estimate of drug-likeness (QED) is 0.820. The predicted octanol–water partition coefficient (Wildman–Crippen LogP) is 1.47. The first-order valence-corrected chi connectivity index (χ1v) is 5.16.